The van der Waals surface area contributed by atoms with Crippen LogP contribution in [0, 0.1) is 6.92 Å². The number of rotatable bonds is 6. The molecule has 0 fully saturated rings. The third-order valence-electron chi connectivity index (χ3n) is 3.90. The third kappa shape index (κ3) is 3.45. The van der Waals surface area contributed by atoms with Gasteiger partial charge in [0.1, 0.15) is 17.4 Å². The Morgan fingerprint density at radius 2 is 2.15 bits per heavy atom. The molecule has 0 bridgehead atoms. The van der Waals surface area contributed by atoms with Crippen LogP contribution in [0.1, 0.15) is 22.3 Å². The first kappa shape index (κ1) is 16.3. The number of nitrogens with zero attached hydrogens (tertiary/aromatic N) is 7. The van der Waals surface area contributed by atoms with Gasteiger partial charge in [0.15, 0.2) is 0 Å². The smallest absolute Gasteiger partial charge is 0.245 e. The van der Waals surface area contributed by atoms with E-state index in [4.69, 9.17) is 0 Å². The van der Waals surface area contributed by atoms with Gasteiger partial charge in [-0.05, 0) is 22.9 Å². The number of carbonyl (C=O) groups is 1. The van der Waals surface area contributed by atoms with Crippen molar-refractivity contribution in [2.75, 3.05) is 0 Å². The lowest BCUT2D eigenvalue weighted by Gasteiger charge is -2.16. The minimum Gasteiger partial charge on any atom is -0.349 e. The number of nitrogens with one attached hydrogen (secondary N) is 1. The molecule has 0 saturated carbocycles. The Morgan fingerprint density at radius 1 is 1.31 bits per heavy atom. The number of amides is 1. The summed E-state index contributed by atoms with van der Waals surface area (Å²) in [6.07, 6.45) is 3.77. The van der Waals surface area contributed by atoms with Crippen LogP contribution in [0.2, 0.25) is 0 Å². The molecular weight excluding hydrogens is 352 g/mol. The molecule has 132 valence electrons. The van der Waals surface area contributed by atoms with Crippen LogP contribution < -0.4 is 5.32 Å². The molecule has 1 amide bonds. The highest BCUT2D eigenvalue weighted by atomic mass is 32.1. The summed E-state index contributed by atoms with van der Waals surface area (Å²) in [5, 5.41) is 19.4. The highest BCUT2D eigenvalue weighted by Crippen LogP contribution is 2.15. The second-order valence-electron chi connectivity index (χ2n) is 5.79. The van der Waals surface area contributed by atoms with Gasteiger partial charge in [-0.2, -0.15) is 5.10 Å². The highest BCUT2D eigenvalue weighted by Gasteiger charge is 2.22. The van der Waals surface area contributed by atoms with Crippen LogP contribution in [0.25, 0.3) is 4.96 Å². The van der Waals surface area contributed by atoms with Crippen molar-refractivity contribution >= 4 is 22.2 Å². The van der Waals surface area contributed by atoms with Crippen LogP contribution in [0.3, 0.4) is 0 Å². The van der Waals surface area contributed by atoms with E-state index >= 15 is 0 Å². The number of aryl methyl sites for hydroxylation is 1. The predicted molar refractivity (Wildman–Crippen MR) is 94.4 cm³/mol. The molecule has 0 saturated heterocycles. The van der Waals surface area contributed by atoms with Crippen molar-refractivity contribution in [3.63, 3.8) is 0 Å². The molecule has 10 heteroatoms. The summed E-state index contributed by atoms with van der Waals surface area (Å²) in [5.41, 5.74) is 1.79. The van der Waals surface area contributed by atoms with Gasteiger partial charge in [0.2, 0.25) is 10.9 Å². The average Bonchev–Trinajstić information content (AvgIpc) is 3.35. The molecule has 1 atom stereocenters. The first-order valence-electron chi connectivity index (χ1n) is 8.05. The fourth-order valence-corrected chi connectivity index (χ4v) is 3.42. The van der Waals surface area contributed by atoms with Gasteiger partial charge >= 0.3 is 0 Å². The minimum absolute atomic E-state index is 0.165. The Labute approximate surface area is 152 Å². The maximum Gasteiger partial charge on any atom is 0.245 e. The zero-order chi connectivity index (χ0) is 17.9. The monoisotopic (exact) mass is 368 g/mol. The summed E-state index contributed by atoms with van der Waals surface area (Å²) in [5.74, 6) is -0.165. The van der Waals surface area contributed by atoms with Crippen molar-refractivity contribution < 1.29 is 4.79 Å². The van der Waals surface area contributed by atoms with E-state index in [1.54, 1.807) is 4.52 Å². The van der Waals surface area contributed by atoms with Gasteiger partial charge in [0.05, 0.1) is 18.4 Å². The molecule has 4 aromatic rings. The molecule has 0 spiro atoms. The Morgan fingerprint density at radius 3 is 2.88 bits per heavy atom. The molecule has 0 aliphatic carbocycles. The molecule has 0 aliphatic rings. The largest absolute Gasteiger partial charge is 0.349 e. The lowest BCUT2D eigenvalue weighted by Crippen LogP contribution is -2.34. The van der Waals surface area contributed by atoms with Gasteiger partial charge in [-0.1, -0.05) is 41.7 Å². The molecule has 3 heterocycles. The minimum atomic E-state index is -0.531. The maximum atomic E-state index is 12.8. The average molecular weight is 368 g/mol. The number of imidazole rings is 1. The number of aromatic nitrogens is 7. The van der Waals surface area contributed by atoms with Crippen LogP contribution >= 0.6 is 11.3 Å². The van der Waals surface area contributed by atoms with E-state index in [-0.39, 0.29) is 5.91 Å². The van der Waals surface area contributed by atoms with E-state index in [2.05, 4.69) is 30.9 Å². The number of hydrogen-bond donors (Lipinski definition) is 1. The SMILES string of the molecule is Cc1nn2cc(CNC(=O)[C@H](Cc3ccccc3)n3cnnn3)nc2s1. The van der Waals surface area contributed by atoms with E-state index in [9.17, 15) is 4.79 Å². The number of fused-ring (bicyclic) bond motifs is 1. The summed E-state index contributed by atoms with van der Waals surface area (Å²) in [6, 6.07) is 9.24. The van der Waals surface area contributed by atoms with Crippen LogP contribution in [0.5, 0.6) is 0 Å². The molecule has 9 nitrogen and oxygen atoms in total. The topological polar surface area (TPSA) is 103 Å². The summed E-state index contributed by atoms with van der Waals surface area (Å²) in [6.45, 7) is 2.25. The molecule has 4 rings (SSSR count). The molecule has 0 radical (unpaired) electrons. The van der Waals surface area contributed by atoms with Gasteiger partial charge in [-0.15, -0.1) is 5.10 Å². The fourth-order valence-electron chi connectivity index (χ4n) is 2.68. The Balaban J connectivity index is 1.47. The third-order valence-corrected chi connectivity index (χ3v) is 4.73. The summed E-state index contributed by atoms with van der Waals surface area (Å²) >= 11 is 1.51. The predicted octanol–water partition coefficient (Wildman–Crippen LogP) is 1.19. The zero-order valence-electron chi connectivity index (χ0n) is 14.0. The number of hydrogen-bond acceptors (Lipinski definition) is 7. The van der Waals surface area contributed by atoms with Crippen LogP contribution in [0.4, 0.5) is 0 Å². The molecular formula is C16H16N8OS. The van der Waals surface area contributed by atoms with Crippen molar-refractivity contribution in [2.45, 2.75) is 25.9 Å². The quantitative estimate of drug-likeness (QED) is 0.548. The van der Waals surface area contributed by atoms with E-state index in [1.807, 2.05) is 43.5 Å². The molecule has 0 unspecified atom stereocenters. The normalized spacial score (nSPS) is 12.3. The van der Waals surface area contributed by atoms with Crippen molar-refractivity contribution in [1.29, 1.82) is 0 Å². The zero-order valence-corrected chi connectivity index (χ0v) is 14.8. The number of tetrazole rings is 1. The van der Waals surface area contributed by atoms with Gasteiger partial charge in [0.25, 0.3) is 0 Å². The summed E-state index contributed by atoms with van der Waals surface area (Å²) in [7, 11) is 0. The Bertz CT molecular complexity index is 976. The second kappa shape index (κ2) is 7.00. The second-order valence-corrected chi connectivity index (χ2v) is 6.95. The summed E-state index contributed by atoms with van der Waals surface area (Å²) < 4.78 is 3.20. The lowest BCUT2D eigenvalue weighted by molar-refractivity contribution is -0.124. The summed E-state index contributed by atoms with van der Waals surface area (Å²) in [4.78, 5) is 18.0. The molecule has 1 N–H and O–H groups in total. The van der Waals surface area contributed by atoms with E-state index < -0.39 is 6.04 Å². The van der Waals surface area contributed by atoms with Crippen molar-refractivity contribution in [1.82, 2.24) is 40.1 Å². The van der Waals surface area contributed by atoms with E-state index in [1.165, 1.54) is 22.3 Å². The highest BCUT2D eigenvalue weighted by molar-refractivity contribution is 7.16. The molecule has 1 aromatic carbocycles. The lowest BCUT2D eigenvalue weighted by atomic mass is 10.1. The van der Waals surface area contributed by atoms with Crippen LogP contribution in [-0.2, 0) is 17.8 Å². The maximum absolute atomic E-state index is 12.8. The van der Waals surface area contributed by atoms with Crippen LogP contribution in [0.15, 0.2) is 42.9 Å². The first-order chi connectivity index (χ1) is 12.7. The van der Waals surface area contributed by atoms with Crippen LogP contribution in [-0.4, -0.2) is 40.7 Å². The fraction of sp³-hybridized carbons (Fsp3) is 0.250. The van der Waals surface area contributed by atoms with Gasteiger partial charge in [-0.3, -0.25) is 4.79 Å². The van der Waals surface area contributed by atoms with Gasteiger partial charge in [-0.25, -0.2) is 14.2 Å². The van der Waals surface area contributed by atoms with Gasteiger partial charge < -0.3 is 5.32 Å². The number of benzene rings is 1. The molecule has 26 heavy (non-hydrogen) atoms. The van der Waals surface area contributed by atoms with Crippen molar-refractivity contribution in [2.24, 2.45) is 0 Å². The number of carbonyl (C=O) groups excluding carboxylic acids is 1. The molecule has 3 aromatic heterocycles. The standard InChI is InChI=1S/C16H16N8OS/c1-11-20-23-9-13(19-16(23)26-11)8-17-15(25)14(24-10-18-21-22-24)7-12-5-3-2-4-6-12/h2-6,9-10,14H,7-8H2,1H3,(H,17,25)/t14-/m0/s1. The first-order valence-corrected chi connectivity index (χ1v) is 8.86. The van der Waals surface area contributed by atoms with E-state index in [0.717, 1.165) is 21.2 Å². The van der Waals surface area contributed by atoms with E-state index in [0.29, 0.717) is 13.0 Å². The van der Waals surface area contributed by atoms with Crippen molar-refractivity contribution in [3.05, 3.63) is 59.1 Å². The molecule has 0 aliphatic heterocycles. The van der Waals surface area contributed by atoms with Crippen molar-refractivity contribution in [3.8, 4) is 0 Å². The Kier molecular flexibility index (Phi) is 4.40. The Hall–Kier alpha value is -3.14. The van der Waals surface area contributed by atoms with Gasteiger partial charge in [0, 0.05) is 6.42 Å².